The lowest BCUT2D eigenvalue weighted by atomic mass is 10.1. The van der Waals surface area contributed by atoms with Gasteiger partial charge in [0.25, 0.3) is 0 Å². The van der Waals surface area contributed by atoms with Crippen LogP contribution in [0.15, 0.2) is 92.6 Å². The number of oxazole rings is 1. The van der Waals surface area contributed by atoms with Crippen molar-refractivity contribution in [2.75, 3.05) is 5.32 Å². The Morgan fingerprint density at radius 2 is 1.73 bits per heavy atom. The monoisotopic (exact) mass is 560 g/mol. The summed E-state index contributed by atoms with van der Waals surface area (Å²) in [6.07, 6.45) is 15.7. The Labute approximate surface area is 243 Å². The van der Waals surface area contributed by atoms with Crippen molar-refractivity contribution in [1.82, 2.24) is 4.98 Å². The summed E-state index contributed by atoms with van der Waals surface area (Å²) in [4.78, 5) is 6.89. The van der Waals surface area contributed by atoms with Crippen molar-refractivity contribution in [3.8, 4) is 5.75 Å². The Hall–Kier alpha value is -3.44. The van der Waals surface area contributed by atoms with E-state index in [2.05, 4.69) is 78.6 Å². The molecule has 4 nitrogen and oxygen atoms in total. The smallest absolute Gasteiger partial charge is 0.226 e. The fraction of sp³-hybridized carbons (Fsp3) is 0.343. The zero-order chi connectivity index (χ0) is 29.7. The maximum Gasteiger partial charge on any atom is 0.226 e. The van der Waals surface area contributed by atoms with Crippen molar-refractivity contribution >= 4 is 43.3 Å². The number of nitrogens with zero attached hydrogens (tertiary/aromatic N) is 1. The van der Waals surface area contributed by atoms with E-state index < -0.39 is 9.21 Å². The normalized spacial score (nSPS) is 15.8. The maximum absolute atomic E-state index is 6.15. The number of allylic oxidation sites excluding steroid dienone is 6. The number of hydrogen-bond donors (Lipinski definition) is 1. The first-order valence-corrected chi connectivity index (χ1v) is 16.6. The third kappa shape index (κ3) is 7.39. The fourth-order valence-corrected chi connectivity index (χ4v) is 5.80. The first-order chi connectivity index (χ1) is 19.5. The number of aromatic nitrogens is 1. The minimum atomic E-state index is -1.76. The molecule has 0 amide bonds. The Morgan fingerprint density at radius 1 is 1.02 bits per heavy atom. The molecule has 1 unspecified atom stereocenters. The van der Waals surface area contributed by atoms with Crippen molar-refractivity contribution in [2.24, 2.45) is 0 Å². The molecule has 2 aromatic carbocycles. The number of rotatable bonds is 6. The van der Waals surface area contributed by atoms with Gasteiger partial charge in [-0.2, -0.15) is 9.21 Å². The highest BCUT2D eigenvalue weighted by atomic mass is 32.2. The molecule has 0 fully saturated rings. The highest BCUT2D eigenvalue weighted by Crippen LogP contribution is 2.46. The zero-order valence-electron chi connectivity index (χ0n) is 25.7. The molecular formula is C35H48N2O2S. The average molecular weight is 561 g/mol. The predicted molar refractivity (Wildman–Crippen MR) is 180 cm³/mol. The van der Waals surface area contributed by atoms with Crippen LogP contribution < -0.4 is 10.1 Å². The summed E-state index contributed by atoms with van der Waals surface area (Å²) in [6, 6.07) is 12.3. The van der Waals surface area contributed by atoms with Gasteiger partial charge in [-0.1, -0.05) is 96.7 Å². The third-order valence-electron chi connectivity index (χ3n) is 6.16. The molecule has 0 spiro atoms. The summed E-state index contributed by atoms with van der Waals surface area (Å²) in [5.74, 6) is 10.6. The van der Waals surface area contributed by atoms with Crippen LogP contribution in [0, 0.1) is 0 Å². The quantitative estimate of drug-likeness (QED) is 0.241. The van der Waals surface area contributed by atoms with Gasteiger partial charge in [-0.25, -0.2) is 4.98 Å². The SMILES string of the molecule is C=S(=C)(c1ccc2c(c1)NC(C1=CCCC=C1)O2)c1ccc2oc(C(/C=C\CC)=C/C)nc2c1.CC.CC.CC. The molecule has 1 aromatic heterocycles. The Bertz CT molecular complexity index is 1470. The lowest BCUT2D eigenvalue weighted by Gasteiger charge is -2.16. The molecule has 216 valence electrons. The largest absolute Gasteiger partial charge is 0.464 e. The second-order valence-electron chi connectivity index (χ2n) is 8.57. The molecule has 0 saturated carbocycles. The summed E-state index contributed by atoms with van der Waals surface area (Å²) in [5.41, 5.74) is 4.72. The van der Waals surface area contributed by atoms with Gasteiger partial charge in [0.1, 0.15) is 11.3 Å². The van der Waals surface area contributed by atoms with Crippen LogP contribution in [0.1, 0.15) is 80.5 Å². The van der Waals surface area contributed by atoms with E-state index in [1.807, 2.05) is 66.7 Å². The molecule has 3 aromatic rings. The number of hydrogen-bond acceptors (Lipinski definition) is 4. The van der Waals surface area contributed by atoms with Gasteiger partial charge in [0.15, 0.2) is 11.8 Å². The fourth-order valence-electron chi connectivity index (χ4n) is 4.19. The van der Waals surface area contributed by atoms with Crippen LogP contribution >= 0.6 is 9.21 Å². The van der Waals surface area contributed by atoms with E-state index in [4.69, 9.17) is 14.1 Å². The molecule has 1 atom stereocenters. The molecule has 0 bridgehead atoms. The molecule has 2 heterocycles. The van der Waals surface area contributed by atoms with Gasteiger partial charge in [0.2, 0.25) is 5.89 Å². The minimum absolute atomic E-state index is 0.145. The van der Waals surface area contributed by atoms with Crippen LogP contribution in [0.3, 0.4) is 0 Å². The highest BCUT2D eigenvalue weighted by Gasteiger charge is 2.25. The molecule has 1 aliphatic carbocycles. The molecule has 2 aliphatic rings. The summed E-state index contributed by atoms with van der Waals surface area (Å²) in [5, 5.41) is 3.51. The molecule has 5 heteroatoms. The standard InChI is InChI=1S/C29H30N2O2S.3C2H6/c1-5-7-11-20(6-2)28-30-24-18-22(14-16-26(24)32-28)34(3,4)23-15-17-27-25(19-23)31-29(33-27)21-12-9-8-10-13-21;3*1-2/h6-7,9,11-19,29,31H,3-5,8,10H2,1-2H3;3*1-2H3/b11-7-,20-6+;;;. The van der Waals surface area contributed by atoms with E-state index in [0.29, 0.717) is 5.89 Å². The number of anilines is 1. The van der Waals surface area contributed by atoms with Gasteiger partial charge in [0, 0.05) is 20.9 Å². The van der Waals surface area contributed by atoms with E-state index >= 15 is 0 Å². The number of fused-ring (bicyclic) bond motifs is 2. The van der Waals surface area contributed by atoms with Crippen molar-refractivity contribution in [3.63, 3.8) is 0 Å². The van der Waals surface area contributed by atoms with E-state index in [0.717, 1.165) is 57.2 Å². The van der Waals surface area contributed by atoms with Gasteiger partial charge in [-0.15, -0.1) is 0 Å². The van der Waals surface area contributed by atoms with Gasteiger partial charge in [0.05, 0.1) is 5.69 Å². The Morgan fingerprint density at radius 3 is 2.38 bits per heavy atom. The Kier molecular flexibility index (Phi) is 13.1. The van der Waals surface area contributed by atoms with E-state index in [1.54, 1.807) is 0 Å². The van der Waals surface area contributed by atoms with Crippen LogP contribution in [0.25, 0.3) is 16.7 Å². The van der Waals surface area contributed by atoms with Gasteiger partial charge in [-0.05, 0) is 62.6 Å². The highest BCUT2D eigenvalue weighted by molar-refractivity contribution is 8.27. The van der Waals surface area contributed by atoms with Gasteiger partial charge in [-0.3, -0.25) is 0 Å². The van der Waals surface area contributed by atoms with Crippen molar-refractivity contribution in [1.29, 1.82) is 0 Å². The Balaban J connectivity index is 0.000000876. The number of benzene rings is 2. The first-order valence-electron chi connectivity index (χ1n) is 14.7. The van der Waals surface area contributed by atoms with E-state index in [-0.39, 0.29) is 6.23 Å². The molecule has 1 aliphatic heterocycles. The lowest BCUT2D eigenvalue weighted by molar-refractivity contribution is 0.293. The van der Waals surface area contributed by atoms with Crippen molar-refractivity contribution < 1.29 is 9.15 Å². The summed E-state index contributed by atoms with van der Waals surface area (Å²) in [6.45, 7) is 16.1. The molecule has 0 radical (unpaired) electrons. The first kappa shape index (κ1) is 32.8. The molecule has 5 rings (SSSR count). The third-order valence-corrected chi connectivity index (χ3v) is 8.47. The van der Waals surface area contributed by atoms with Crippen LogP contribution in [-0.4, -0.2) is 23.0 Å². The molecule has 0 saturated heterocycles. The maximum atomic E-state index is 6.15. The van der Waals surface area contributed by atoms with Crippen LogP contribution in [0.4, 0.5) is 5.69 Å². The second kappa shape index (κ2) is 16.0. The molecule has 40 heavy (non-hydrogen) atoms. The topological polar surface area (TPSA) is 47.3 Å². The van der Waals surface area contributed by atoms with E-state index in [1.165, 1.54) is 5.57 Å². The predicted octanol–water partition coefficient (Wildman–Crippen LogP) is 10.8. The molecular weight excluding hydrogens is 512 g/mol. The van der Waals surface area contributed by atoms with Crippen LogP contribution in [0.2, 0.25) is 0 Å². The van der Waals surface area contributed by atoms with E-state index in [9.17, 15) is 0 Å². The number of ether oxygens (including phenoxy) is 1. The zero-order valence-corrected chi connectivity index (χ0v) is 26.5. The van der Waals surface area contributed by atoms with Crippen LogP contribution in [-0.2, 0) is 0 Å². The summed E-state index contributed by atoms with van der Waals surface area (Å²) >= 11 is 0. The average Bonchev–Trinajstić information content (AvgIpc) is 3.65. The lowest BCUT2D eigenvalue weighted by Crippen LogP contribution is -2.22. The van der Waals surface area contributed by atoms with Crippen LogP contribution in [0.5, 0.6) is 5.75 Å². The summed E-state index contributed by atoms with van der Waals surface area (Å²) in [7, 11) is -1.76. The summed E-state index contributed by atoms with van der Waals surface area (Å²) < 4.78 is 12.2. The number of nitrogens with one attached hydrogen (secondary N) is 1. The van der Waals surface area contributed by atoms with Gasteiger partial charge >= 0.3 is 0 Å². The minimum Gasteiger partial charge on any atom is -0.464 e. The van der Waals surface area contributed by atoms with Crippen molar-refractivity contribution in [3.05, 3.63) is 84.3 Å². The molecule has 1 N–H and O–H groups in total. The van der Waals surface area contributed by atoms with Crippen molar-refractivity contribution in [2.45, 2.75) is 90.7 Å². The van der Waals surface area contributed by atoms with Gasteiger partial charge < -0.3 is 14.5 Å². The second-order valence-corrected chi connectivity index (χ2v) is 11.3.